The number of carbonyl (C=O) groups is 1. The molecule has 1 aliphatic carbocycles. The van der Waals surface area contributed by atoms with Crippen molar-refractivity contribution in [2.75, 3.05) is 13.7 Å². The van der Waals surface area contributed by atoms with Crippen LogP contribution >= 0.6 is 15.9 Å². The van der Waals surface area contributed by atoms with Crippen LogP contribution in [0.3, 0.4) is 0 Å². The Labute approximate surface area is 121 Å². The molecule has 0 aromatic carbocycles. The first-order valence-corrected chi connectivity index (χ1v) is 7.42. The lowest BCUT2D eigenvalue weighted by molar-refractivity contribution is 0.0866. The minimum Gasteiger partial charge on any atom is -0.383 e. The van der Waals surface area contributed by atoms with Gasteiger partial charge in [0.2, 0.25) is 0 Å². The Kier molecular flexibility index (Phi) is 5.13. The first-order chi connectivity index (χ1) is 9.13. The largest absolute Gasteiger partial charge is 0.383 e. The molecule has 0 bridgehead atoms. The highest BCUT2D eigenvalue weighted by atomic mass is 79.9. The number of carbonyl (C=O) groups excluding carboxylic acids is 1. The number of aromatic nitrogens is 2. The van der Waals surface area contributed by atoms with E-state index in [0.717, 1.165) is 30.2 Å². The number of hydrogen-bond acceptors (Lipinski definition) is 4. The summed E-state index contributed by atoms with van der Waals surface area (Å²) in [7, 11) is 1.64. The third-order valence-electron chi connectivity index (χ3n) is 3.62. The molecule has 2 N–H and O–H groups in total. The van der Waals surface area contributed by atoms with E-state index in [2.05, 4.69) is 21.0 Å². The normalized spacial score (nSPS) is 23.5. The van der Waals surface area contributed by atoms with Gasteiger partial charge >= 0.3 is 0 Å². The summed E-state index contributed by atoms with van der Waals surface area (Å²) in [4.78, 5) is 12.6. The zero-order valence-corrected chi connectivity index (χ0v) is 12.7. The highest BCUT2D eigenvalue weighted by molar-refractivity contribution is 9.10. The van der Waals surface area contributed by atoms with Crippen molar-refractivity contribution in [2.45, 2.75) is 38.3 Å². The molecule has 106 valence electrons. The van der Waals surface area contributed by atoms with Crippen LogP contribution in [0, 0.1) is 5.92 Å². The molecular weight excluding hydrogens is 310 g/mol. The summed E-state index contributed by atoms with van der Waals surface area (Å²) in [5.41, 5.74) is 6.62. The number of halogens is 1. The smallest absolute Gasteiger partial charge is 0.185 e. The Morgan fingerprint density at radius 3 is 3.11 bits per heavy atom. The van der Waals surface area contributed by atoms with Gasteiger partial charge in [-0.15, -0.1) is 0 Å². The molecule has 0 spiro atoms. The standard InChI is InChI=1S/C13H20BrN3O2/c1-19-6-5-17-12(11(14)8-16-17)13(18)9-3-2-4-10(15)7-9/h8-10H,2-7,15H2,1H3. The molecule has 2 unspecified atom stereocenters. The van der Waals surface area contributed by atoms with Crippen molar-refractivity contribution in [1.82, 2.24) is 9.78 Å². The molecular formula is C13H20BrN3O2. The van der Waals surface area contributed by atoms with Crippen LogP contribution in [0.25, 0.3) is 0 Å². The number of nitrogens with zero attached hydrogens (tertiary/aromatic N) is 2. The molecule has 2 atom stereocenters. The maximum absolute atomic E-state index is 12.6. The second-order valence-corrected chi connectivity index (χ2v) is 5.90. The number of methoxy groups -OCH3 is 1. The maximum atomic E-state index is 12.6. The van der Waals surface area contributed by atoms with Gasteiger partial charge in [0.15, 0.2) is 5.78 Å². The van der Waals surface area contributed by atoms with E-state index in [-0.39, 0.29) is 17.7 Å². The molecule has 1 heterocycles. The number of Topliss-reactive ketones (excluding diaryl/α,β-unsaturated/α-hetero) is 1. The first-order valence-electron chi connectivity index (χ1n) is 6.63. The number of ether oxygens (including phenoxy) is 1. The maximum Gasteiger partial charge on any atom is 0.185 e. The van der Waals surface area contributed by atoms with Crippen molar-refractivity contribution in [3.63, 3.8) is 0 Å². The van der Waals surface area contributed by atoms with Gasteiger partial charge < -0.3 is 10.5 Å². The Hall–Kier alpha value is -0.720. The van der Waals surface area contributed by atoms with Crippen molar-refractivity contribution in [3.05, 3.63) is 16.4 Å². The lowest BCUT2D eigenvalue weighted by Gasteiger charge is -2.25. The highest BCUT2D eigenvalue weighted by Gasteiger charge is 2.29. The van der Waals surface area contributed by atoms with E-state index in [1.54, 1.807) is 18.0 Å². The summed E-state index contributed by atoms with van der Waals surface area (Å²) in [6, 6.07) is 0.150. The molecule has 6 heteroatoms. The number of nitrogens with two attached hydrogens (primary N) is 1. The van der Waals surface area contributed by atoms with E-state index in [4.69, 9.17) is 10.5 Å². The molecule has 0 saturated heterocycles. The van der Waals surface area contributed by atoms with Crippen molar-refractivity contribution in [3.8, 4) is 0 Å². The fourth-order valence-electron chi connectivity index (χ4n) is 2.61. The molecule has 1 aliphatic rings. The van der Waals surface area contributed by atoms with Crippen molar-refractivity contribution < 1.29 is 9.53 Å². The van der Waals surface area contributed by atoms with Crippen molar-refractivity contribution in [2.24, 2.45) is 11.7 Å². The molecule has 1 aromatic heterocycles. The predicted molar refractivity (Wildman–Crippen MR) is 76.1 cm³/mol. The zero-order valence-electron chi connectivity index (χ0n) is 11.1. The van der Waals surface area contributed by atoms with Crippen LogP contribution in [0.5, 0.6) is 0 Å². The van der Waals surface area contributed by atoms with E-state index in [1.165, 1.54) is 0 Å². The van der Waals surface area contributed by atoms with Gasteiger partial charge in [0.25, 0.3) is 0 Å². The third kappa shape index (κ3) is 3.43. The summed E-state index contributed by atoms with van der Waals surface area (Å²) < 4.78 is 7.52. The second kappa shape index (κ2) is 6.63. The van der Waals surface area contributed by atoms with E-state index < -0.39 is 0 Å². The summed E-state index contributed by atoms with van der Waals surface area (Å²) in [6.07, 6.45) is 5.43. The van der Waals surface area contributed by atoms with Crippen molar-refractivity contribution >= 4 is 21.7 Å². The number of hydrogen-bond donors (Lipinski definition) is 1. The number of ketones is 1. The molecule has 1 fully saturated rings. The van der Waals surface area contributed by atoms with E-state index in [0.29, 0.717) is 18.8 Å². The summed E-state index contributed by atoms with van der Waals surface area (Å²) >= 11 is 3.42. The van der Waals surface area contributed by atoms with Crippen LogP contribution < -0.4 is 5.73 Å². The molecule has 5 nitrogen and oxygen atoms in total. The summed E-state index contributed by atoms with van der Waals surface area (Å²) in [5, 5.41) is 4.23. The van der Waals surface area contributed by atoms with Gasteiger partial charge in [-0.1, -0.05) is 6.42 Å². The Bertz CT molecular complexity index is 447. The lowest BCUT2D eigenvalue weighted by Crippen LogP contribution is -2.32. The van der Waals surface area contributed by atoms with Gasteiger partial charge in [-0.25, -0.2) is 0 Å². The van der Waals surface area contributed by atoms with E-state index in [1.807, 2.05) is 0 Å². The highest BCUT2D eigenvalue weighted by Crippen LogP contribution is 2.29. The van der Waals surface area contributed by atoms with Crippen LogP contribution in [-0.4, -0.2) is 35.3 Å². The SMILES string of the molecule is COCCn1ncc(Br)c1C(=O)C1CCCC(N)C1. The monoisotopic (exact) mass is 329 g/mol. The van der Waals surface area contributed by atoms with Crippen LogP contribution in [0.1, 0.15) is 36.2 Å². The van der Waals surface area contributed by atoms with Gasteiger partial charge in [0.05, 0.1) is 23.8 Å². The summed E-state index contributed by atoms with van der Waals surface area (Å²) in [6.45, 7) is 1.13. The minimum absolute atomic E-state index is 0.0260. The molecule has 0 aliphatic heterocycles. The predicted octanol–water partition coefficient (Wildman–Crippen LogP) is 1.99. The van der Waals surface area contributed by atoms with Gasteiger partial charge in [0.1, 0.15) is 5.69 Å². The van der Waals surface area contributed by atoms with E-state index >= 15 is 0 Å². The number of rotatable bonds is 5. The average Bonchev–Trinajstić information content (AvgIpc) is 2.76. The molecule has 19 heavy (non-hydrogen) atoms. The second-order valence-electron chi connectivity index (χ2n) is 5.04. The zero-order chi connectivity index (χ0) is 13.8. The molecule has 2 rings (SSSR count). The van der Waals surface area contributed by atoms with Gasteiger partial charge in [-0.3, -0.25) is 9.48 Å². The van der Waals surface area contributed by atoms with Gasteiger partial charge in [-0.05, 0) is 35.2 Å². The van der Waals surface area contributed by atoms with Crippen molar-refractivity contribution in [1.29, 1.82) is 0 Å². The van der Waals surface area contributed by atoms with Crippen LogP contribution in [0.15, 0.2) is 10.7 Å². The third-order valence-corrected chi connectivity index (χ3v) is 4.20. The lowest BCUT2D eigenvalue weighted by atomic mass is 9.82. The quantitative estimate of drug-likeness (QED) is 0.838. The topological polar surface area (TPSA) is 70.1 Å². The Balaban J connectivity index is 2.15. The van der Waals surface area contributed by atoms with Gasteiger partial charge in [0, 0.05) is 19.1 Å². The van der Waals surface area contributed by atoms with Crippen LogP contribution in [0.2, 0.25) is 0 Å². The van der Waals surface area contributed by atoms with Crippen LogP contribution in [-0.2, 0) is 11.3 Å². The average molecular weight is 330 g/mol. The minimum atomic E-state index is 0.0260. The fraction of sp³-hybridized carbons (Fsp3) is 0.692. The molecule has 0 radical (unpaired) electrons. The molecule has 0 amide bonds. The summed E-state index contributed by atoms with van der Waals surface area (Å²) in [5.74, 6) is 0.175. The van der Waals surface area contributed by atoms with Gasteiger partial charge in [-0.2, -0.15) is 5.10 Å². The van der Waals surface area contributed by atoms with E-state index in [9.17, 15) is 4.79 Å². The fourth-order valence-corrected chi connectivity index (χ4v) is 3.11. The Morgan fingerprint density at radius 1 is 1.63 bits per heavy atom. The van der Waals surface area contributed by atoms with Crippen LogP contribution in [0.4, 0.5) is 0 Å². The Morgan fingerprint density at radius 2 is 2.42 bits per heavy atom. The first kappa shape index (κ1) is 14.7. The molecule has 1 saturated carbocycles. The molecule has 1 aromatic rings.